The van der Waals surface area contributed by atoms with Gasteiger partial charge in [-0.25, -0.2) is 9.67 Å². The summed E-state index contributed by atoms with van der Waals surface area (Å²) in [5.41, 5.74) is 5.27. The maximum absolute atomic E-state index is 12.7. The Bertz CT molecular complexity index is 1030. The van der Waals surface area contributed by atoms with Gasteiger partial charge in [-0.15, -0.1) is 0 Å². The Kier molecular flexibility index (Phi) is 4.83. The second-order valence-corrected chi connectivity index (χ2v) is 8.62. The van der Waals surface area contributed by atoms with E-state index in [1.54, 1.807) is 10.7 Å². The molecule has 2 aromatic heterocycles. The third-order valence-electron chi connectivity index (χ3n) is 6.71. The van der Waals surface area contributed by atoms with E-state index in [0.29, 0.717) is 12.1 Å². The van der Waals surface area contributed by atoms with Crippen LogP contribution in [-0.4, -0.2) is 27.4 Å². The van der Waals surface area contributed by atoms with Gasteiger partial charge in [-0.2, -0.15) is 10.4 Å². The van der Waals surface area contributed by atoms with Crippen LogP contribution in [-0.2, 0) is 32.2 Å². The van der Waals surface area contributed by atoms with Crippen LogP contribution >= 0.6 is 0 Å². The summed E-state index contributed by atoms with van der Waals surface area (Å²) in [6.07, 6.45) is 10.7. The number of rotatable bonds is 3. The Balaban J connectivity index is 1.46. The molecule has 0 saturated carbocycles. The zero-order valence-corrected chi connectivity index (χ0v) is 16.9. The zero-order valence-electron chi connectivity index (χ0n) is 16.9. The fourth-order valence-corrected chi connectivity index (χ4v) is 5.16. The minimum absolute atomic E-state index is 0.00333. The van der Waals surface area contributed by atoms with E-state index in [1.807, 2.05) is 0 Å². The number of anilines is 1. The van der Waals surface area contributed by atoms with Crippen molar-refractivity contribution in [3.63, 3.8) is 0 Å². The van der Waals surface area contributed by atoms with Gasteiger partial charge in [0.1, 0.15) is 11.9 Å². The minimum atomic E-state index is -0.00333. The van der Waals surface area contributed by atoms with Crippen molar-refractivity contribution in [2.75, 3.05) is 11.4 Å². The van der Waals surface area contributed by atoms with E-state index in [2.05, 4.69) is 17.0 Å². The van der Waals surface area contributed by atoms with E-state index in [-0.39, 0.29) is 11.6 Å². The summed E-state index contributed by atoms with van der Waals surface area (Å²) in [5, 5.41) is 14.5. The quantitative estimate of drug-likeness (QED) is 0.807. The lowest BCUT2D eigenvalue weighted by Gasteiger charge is -2.28. The van der Waals surface area contributed by atoms with Crippen molar-refractivity contribution >= 4 is 5.82 Å². The number of nitrogens with zero attached hydrogens (tertiary/aromatic N) is 5. The number of hydrogen-bond acceptors (Lipinski definition) is 5. The average molecular weight is 390 g/mol. The average Bonchev–Trinajstić information content (AvgIpc) is 3.21. The summed E-state index contributed by atoms with van der Waals surface area (Å²) in [6, 6.07) is 6.37. The highest BCUT2D eigenvalue weighted by Crippen LogP contribution is 2.31. The third kappa shape index (κ3) is 3.43. The number of aromatic nitrogens is 3. The van der Waals surface area contributed by atoms with Gasteiger partial charge >= 0.3 is 0 Å². The van der Waals surface area contributed by atoms with E-state index >= 15 is 0 Å². The Hall–Kier alpha value is -2.68. The van der Waals surface area contributed by atoms with Crippen LogP contribution in [0.25, 0.3) is 0 Å². The summed E-state index contributed by atoms with van der Waals surface area (Å²) in [6.45, 7) is 1.45. The molecule has 3 heterocycles. The second-order valence-electron chi connectivity index (χ2n) is 8.62. The normalized spacial score (nSPS) is 20.8. The molecule has 1 saturated heterocycles. The minimum Gasteiger partial charge on any atom is -0.351 e. The SMILES string of the molecule is N#Cc1cc2c(nc1N1CCCC1Cn1nc3c(cc1=O)CCCC3)CCCC2. The van der Waals surface area contributed by atoms with E-state index in [9.17, 15) is 10.1 Å². The van der Waals surface area contributed by atoms with Gasteiger partial charge in [-0.1, -0.05) is 0 Å². The van der Waals surface area contributed by atoms with Crippen molar-refractivity contribution in [2.45, 2.75) is 76.8 Å². The van der Waals surface area contributed by atoms with Crippen LogP contribution in [0.4, 0.5) is 5.82 Å². The van der Waals surface area contributed by atoms with Gasteiger partial charge in [0.25, 0.3) is 5.56 Å². The first-order valence-corrected chi connectivity index (χ1v) is 11.0. The first kappa shape index (κ1) is 18.4. The Morgan fingerprint density at radius 2 is 1.72 bits per heavy atom. The largest absolute Gasteiger partial charge is 0.351 e. The number of nitriles is 1. The van der Waals surface area contributed by atoms with Gasteiger partial charge < -0.3 is 4.90 Å². The molecule has 0 bridgehead atoms. The maximum Gasteiger partial charge on any atom is 0.267 e. The zero-order chi connectivity index (χ0) is 19.8. The van der Waals surface area contributed by atoms with Crippen molar-refractivity contribution in [3.8, 4) is 6.07 Å². The molecule has 29 heavy (non-hydrogen) atoms. The lowest BCUT2D eigenvalue weighted by atomic mass is 9.95. The highest BCUT2D eigenvalue weighted by molar-refractivity contribution is 5.57. The van der Waals surface area contributed by atoms with Gasteiger partial charge in [0.05, 0.1) is 23.8 Å². The van der Waals surface area contributed by atoms with Gasteiger partial charge in [0.2, 0.25) is 0 Å². The van der Waals surface area contributed by atoms with Gasteiger partial charge in [0, 0.05) is 18.3 Å². The first-order chi connectivity index (χ1) is 14.2. The van der Waals surface area contributed by atoms with E-state index in [4.69, 9.17) is 10.1 Å². The summed E-state index contributed by atoms with van der Waals surface area (Å²) < 4.78 is 1.65. The van der Waals surface area contributed by atoms with Crippen LogP contribution in [0, 0.1) is 11.3 Å². The van der Waals surface area contributed by atoms with Gasteiger partial charge in [-0.05, 0) is 81.4 Å². The maximum atomic E-state index is 12.7. The molecule has 6 heteroatoms. The Labute approximate surface area is 171 Å². The molecule has 6 nitrogen and oxygen atoms in total. The van der Waals surface area contributed by atoms with Crippen LogP contribution in [0.2, 0.25) is 0 Å². The summed E-state index contributed by atoms with van der Waals surface area (Å²) >= 11 is 0. The van der Waals surface area contributed by atoms with Gasteiger partial charge in [-0.3, -0.25) is 4.79 Å². The summed E-state index contributed by atoms with van der Waals surface area (Å²) in [4.78, 5) is 19.8. The summed E-state index contributed by atoms with van der Waals surface area (Å²) in [7, 11) is 0. The van der Waals surface area contributed by atoms with E-state index in [0.717, 1.165) is 80.7 Å². The molecule has 2 aliphatic carbocycles. The van der Waals surface area contributed by atoms with Crippen molar-refractivity contribution in [1.82, 2.24) is 14.8 Å². The Morgan fingerprint density at radius 3 is 2.52 bits per heavy atom. The molecule has 2 aromatic rings. The first-order valence-electron chi connectivity index (χ1n) is 11.0. The number of hydrogen-bond donors (Lipinski definition) is 0. The standard InChI is InChI=1S/C23H27N5O/c24-14-18-12-16-6-1-3-9-20(16)25-23(18)27-11-5-8-19(27)15-28-22(29)13-17-7-2-4-10-21(17)26-28/h12-13,19H,1-11,15H2. The third-order valence-corrected chi connectivity index (χ3v) is 6.71. The molecule has 1 aliphatic heterocycles. The fourth-order valence-electron chi connectivity index (χ4n) is 5.16. The van der Waals surface area contributed by atoms with Gasteiger partial charge in [0.15, 0.2) is 0 Å². The molecule has 5 rings (SSSR count). The molecule has 0 radical (unpaired) electrons. The molecular weight excluding hydrogens is 362 g/mol. The Morgan fingerprint density at radius 1 is 1.00 bits per heavy atom. The highest BCUT2D eigenvalue weighted by atomic mass is 16.1. The lowest BCUT2D eigenvalue weighted by Crippen LogP contribution is -2.38. The smallest absolute Gasteiger partial charge is 0.267 e. The molecule has 150 valence electrons. The molecule has 0 N–H and O–H groups in total. The van der Waals surface area contributed by atoms with Crippen LogP contribution in [0.15, 0.2) is 16.9 Å². The molecule has 3 aliphatic rings. The van der Waals surface area contributed by atoms with Crippen molar-refractivity contribution < 1.29 is 0 Å². The topological polar surface area (TPSA) is 74.8 Å². The molecule has 0 spiro atoms. The molecule has 0 aromatic carbocycles. The molecule has 1 unspecified atom stereocenters. The lowest BCUT2D eigenvalue weighted by molar-refractivity contribution is 0.471. The molecule has 1 fully saturated rings. The summed E-state index contributed by atoms with van der Waals surface area (Å²) in [5.74, 6) is 0.807. The number of fused-ring (bicyclic) bond motifs is 2. The monoisotopic (exact) mass is 389 g/mol. The predicted molar refractivity (Wildman–Crippen MR) is 111 cm³/mol. The number of pyridine rings is 1. The molecule has 1 atom stereocenters. The second kappa shape index (κ2) is 7.62. The molecule has 0 amide bonds. The van der Waals surface area contributed by atoms with Crippen molar-refractivity contribution in [1.29, 1.82) is 5.26 Å². The van der Waals surface area contributed by atoms with Crippen molar-refractivity contribution in [3.05, 3.63) is 50.6 Å². The predicted octanol–water partition coefficient (Wildman–Crippen LogP) is 2.94. The number of aryl methyl sites for hydroxylation is 4. The molecular formula is C23H27N5O. The van der Waals surface area contributed by atoms with Crippen LogP contribution in [0.5, 0.6) is 0 Å². The fraction of sp³-hybridized carbons (Fsp3) is 0.565. The van der Waals surface area contributed by atoms with Crippen LogP contribution in [0.3, 0.4) is 0 Å². The van der Waals surface area contributed by atoms with E-state index in [1.165, 1.54) is 18.4 Å². The van der Waals surface area contributed by atoms with Crippen LogP contribution < -0.4 is 10.5 Å². The van der Waals surface area contributed by atoms with Crippen molar-refractivity contribution in [2.24, 2.45) is 0 Å². The highest BCUT2D eigenvalue weighted by Gasteiger charge is 2.30. The van der Waals surface area contributed by atoms with Crippen LogP contribution in [0.1, 0.15) is 66.6 Å². The van der Waals surface area contributed by atoms with E-state index < -0.39 is 0 Å².